The number of nitrogens with one attached hydrogen (secondary N) is 1. The molecule has 0 unspecified atom stereocenters. The first-order valence-corrected chi connectivity index (χ1v) is 11.8. The molecular weight excluding hydrogens is 472 g/mol. The second kappa shape index (κ2) is 11.3. The quantitative estimate of drug-likeness (QED) is 0.443. The molecule has 0 spiro atoms. The molecule has 176 valence electrons. The standard InChI is InChI=1S/C22H23ClN2O7S/c1-30-17-5-2-16(3-6-17)4-9-22(27)32-15-21(26)24-20-14-18(7-8-19(20)23)33(28,29)25-10-12-31-13-11-25/h2-9,14H,10-13,15H2,1H3,(H,24,26)/b9-4+. The number of benzene rings is 2. The molecule has 1 N–H and O–H groups in total. The van der Waals surface area contributed by atoms with Crippen LogP contribution < -0.4 is 10.1 Å². The van der Waals surface area contributed by atoms with Crippen LogP contribution in [0.15, 0.2) is 53.4 Å². The molecule has 9 nitrogen and oxygen atoms in total. The lowest BCUT2D eigenvalue weighted by atomic mass is 10.2. The van der Waals surface area contributed by atoms with Crippen molar-refractivity contribution in [3.05, 3.63) is 59.1 Å². The number of morpholine rings is 1. The van der Waals surface area contributed by atoms with Crippen LogP contribution in [0, 0.1) is 0 Å². The monoisotopic (exact) mass is 494 g/mol. The number of rotatable bonds is 8. The van der Waals surface area contributed by atoms with Crippen LogP contribution in [-0.4, -0.2) is 64.6 Å². The molecule has 11 heteroatoms. The Morgan fingerprint density at radius 1 is 1.15 bits per heavy atom. The summed E-state index contributed by atoms with van der Waals surface area (Å²) in [7, 11) is -2.20. The van der Waals surface area contributed by atoms with Gasteiger partial charge in [-0.1, -0.05) is 23.7 Å². The van der Waals surface area contributed by atoms with Crippen molar-refractivity contribution in [1.29, 1.82) is 0 Å². The molecule has 33 heavy (non-hydrogen) atoms. The Morgan fingerprint density at radius 2 is 1.85 bits per heavy atom. The molecule has 1 fully saturated rings. The number of halogens is 1. The topological polar surface area (TPSA) is 111 Å². The number of nitrogens with zero attached hydrogens (tertiary/aromatic N) is 1. The van der Waals surface area contributed by atoms with Crippen molar-refractivity contribution in [2.45, 2.75) is 4.90 Å². The summed E-state index contributed by atoms with van der Waals surface area (Å²) in [5.41, 5.74) is 0.850. The molecule has 0 bridgehead atoms. The van der Waals surface area contributed by atoms with Gasteiger partial charge in [-0.2, -0.15) is 4.31 Å². The predicted molar refractivity (Wildman–Crippen MR) is 123 cm³/mol. The average molecular weight is 495 g/mol. The summed E-state index contributed by atoms with van der Waals surface area (Å²) in [5, 5.41) is 2.62. The van der Waals surface area contributed by atoms with Crippen molar-refractivity contribution in [2.75, 3.05) is 45.3 Å². The van der Waals surface area contributed by atoms with Gasteiger partial charge in [0.25, 0.3) is 5.91 Å². The van der Waals surface area contributed by atoms with E-state index >= 15 is 0 Å². The van der Waals surface area contributed by atoms with Crippen molar-refractivity contribution in [1.82, 2.24) is 4.31 Å². The second-order valence-electron chi connectivity index (χ2n) is 6.92. The lowest BCUT2D eigenvalue weighted by Gasteiger charge is -2.26. The van der Waals surface area contributed by atoms with Crippen LogP contribution in [0.5, 0.6) is 5.75 Å². The molecule has 0 atom stereocenters. The van der Waals surface area contributed by atoms with E-state index < -0.39 is 28.5 Å². The lowest BCUT2D eigenvalue weighted by molar-refractivity contribution is -0.142. The molecule has 0 aromatic heterocycles. The number of carbonyl (C=O) groups excluding carboxylic acids is 2. The first-order chi connectivity index (χ1) is 15.8. The molecule has 0 radical (unpaired) electrons. The highest BCUT2D eigenvalue weighted by atomic mass is 35.5. The molecular formula is C22H23ClN2O7S. The zero-order valence-corrected chi connectivity index (χ0v) is 19.4. The molecule has 1 amide bonds. The number of ether oxygens (including phenoxy) is 3. The number of carbonyl (C=O) groups is 2. The van der Waals surface area contributed by atoms with Crippen LogP contribution in [0.4, 0.5) is 5.69 Å². The van der Waals surface area contributed by atoms with Crippen LogP contribution in [0.3, 0.4) is 0 Å². The van der Waals surface area contributed by atoms with Gasteiger partial charge in [-0.05, 0) is 42.0 Å². The third kappa shape index (κ3) is 6.78. The average Bonchev–Trinajstić information content (AvgIpc) is 2.83. The van der Waals surface area contributed by atoms with E-state index in [0.717, 1.165) is 5.56 Å². The highest BCUT2D eigenvalue weighted by Crippen LogP contribution is 2.27. The summed E-state index contributed by atoms with van der Waals surface area (Å²) in [6.45, 7) is 0.547. The Morgan fingerprint density at radius 3 is 2.52 bits per heavy atom. The van der Waals surface area contributed by atoms with Crippen LogP contribution in [-0.2, 0) is 29.1 Å². The predicted octanol–water partition coefficient (Wildman–Crippen LogP) is 2.56. The van der Waals surface area contributed by atoms with E-state index in [1.165, 1.54) is 34.7 Å². The molecule has 0 saturated carbocycles. The zero-order valence-electron chi connectivity index (χ0n) is 17.8. The van der Waals surface area contributed by atoms with Crippen LogP contribution in [0.1, 0.15) is 5.56 Å². The number of hydrogen-bond donors (Lipinski definition) is 1. The van der Waals surface area contributed by atoms with Crippen molar-refractivity contribution in [3.8, 4) is 5.75 Å². The summed E-state index contributed by atoms with van der Waals surface area (Å²) in [5.74, 6) is -0.688. The minimum Gasteiger partial charge on any atom is -0.497 e. The Balaban J connectivity index is 1.57. The Hall–Kier alpha value is -2.92. The maximum atomic E-state index is 12.8. The summed E-state index contributed by atoms with van der Waals surface area (Å²) < 4.78 is 42.1. The fourth-order valence-corrected chi connectivity index (χ4v) is 4.55. The summed E-state index contributed by atoms with van der Waals surface area (Å²) in [4.78, 5) is 24.1. The molecule has 2 aromatic carbocycles. The zero-order chi connectivity index (χ0) is 23.8. The first-order valence-electron chi connectivity index (χ1n) is 9.96. The summed E-state index contributed by atoms with van der Waals surface area (Å²) in [6.07, 6.45) is 2.73. The SMILES string of the molecule is COc1ccc(/C=C/C(=O)OCC(=O)Nc2cc(S(=O)(=O)N3CCOCC3)ccc2Cl)cc1. The van der Waals surface area contributed by atoms with Crippen molar-refractivity contribution < 1.29 is 32.2 Å². The summed E-state index contributed by atoms with van der Waals surface area (Å²) in [6, 6.07) is 11.0. The van der Waals surface area contributed by atoms with E-state index in [1.807, 2.05) is 0 Å². The fourth-order valence-electron chi connectivity index (χ4n) is 2.95. The smallest absolute Gasteiger partial charge is 0.331 e. The summed E-state index contributed by atoms with van der Waals surface area (Å²) >= 11 is 6.11. The minimum atomic E-state index is -3.76. The molecule has 3 rings (SSSR count). The lowest BCUT2D eigenvalue weighted by Crippen LogP contribution is -2.40. The number of amides is 1. The van der Waals surface area contributed by atoms with Crippen molar-refractivity contribution in [3.63, 3.8) is 0 Å². The van der Waals surface area contributed by atoms with E-state index in [0.29, 0.717) is 19.0 Å². The number of esters is 1. The van der Waals surface area contributed by atoms with Crippen molar-refractivity contribution >= 4 is 45.3 Å². The van der Waals surface area contributed by atoms with Gasteiger partial charge in [0.15, 0.2) is 6.61 Å². The van der Waals surface area contributed by atoms with Crippen molar-refractivity contribution in [2.24, 2.45) is 0 Å². The highest BCUT2D eigenvalue weighted by Gasteiger charge is 2.27. The normalized spacial score (nSPS) is 14.7. The third-order valence-electron chi connectivity index (χ3n) is 4.69. The van der Waals surface area contributed by atoms with Crippen LogP contribution in [0.2, 0.25) is 5.02 Å². The van der Waals surface area contributed by atoms with Gasteiger partial charge in [0.05, 0.1) is 35.9 Å². The largest absolute Gasteiger partial charge is 0.497 e. The number of methoxy groups -OCH3 is 1. The highest BCUT2D eigenvalue weighted by molar-refractivity contribution is 7.89. The minimum absolute atomic E-state index is 0.0106. The molecule has 1 aliphatic heterocycles. The maximum Gasteiger partial charge on any atom is 0.331 e. The molecule has 1 saturated heterocycles. The molecule has 1 aliphatic rings. The van der Waals surface area contributed by atoms with Gasteiger partial charge in [-0.3, -0.25) is 4.79 Å². The van der Waals surface area contributed by atoms with Gasteiger partial charge in [0.2, 0.25) is 10.0 Å². The Bertz CT molecular complexity index is 1130. The van der Waals surface area contributed by atoms with E-state index in [-0.39, 0.29) is 28.7 Å². The number of hydrogen-bond acceptors (Lipinski definition) is 7. The first kappa shape index (κ1) is 24.7. The second-order valence-corrected chi connectivity index (χ2v) is 9.27. The third-order valence-corrected chi connectivity index (χ3v) is 6.92. The van der Waals surface area contributed by atoms with Gasteiger partial charge in [-0.15, -0.1) is 0 Å². The fraction of sp³-hybridized carbons (Fsp3) is 0.273. The molecule has 2 aromatic rings. The van der Waals surface area contributed by atoms with Gasteiger partial charge in [0.1, 0.15) is 5.75 Å². The van der Waals surface area contributed by atoms with E-state index in [2.05, 4.69) is 5.32 Å². The van der Waals surface area contributed by atoms with Crippen LogP contribution >= 0.6 is 11.6 Å². The number of sulfonamides is 1. The van der Waals surface area contributed by atoms with Gasteiger partial charge >= 0.3 is 5.97 Å². The van der Waals surface area contributed by atoms with Gasteiger partial charge in [0, 0.05) is 19.2 Å². The molecule has 1 heterocycles. The van der Waals surface area contributed by atoms with E-state index in [4.69, 9.17) is 25.8 Å². The number of anilines is 1. The van der Waals surface area contributed by atoms with Gasteiger partial charge in [-0.25, -0.2) is 13.2 Å². The van der Waals surface area contributed by atoms with E-state index in [9.17, 15) is 18.0 Å². The Kier molecular flexibility index (Phi) is 8.45. The van der Waals surface area contributed by atoms with Gasteiger partial charge < -0.3 is 19.5 Å². The molecule has 0 aliphatic carbocycles. The maximum absolute atomic E-state index is 12.8. The Labute approximate surface area is 196 Å². The van der Waals surface area contributed by atoms with Crippen LogP contribution in [0.25, 0.3) is 6.08 Å². The van der Waals surface area contributed by atoms with E-state index in [1.54, 1.807) is 31.4 Å².